The summed E-state index contributed by atoms with van der Waals surface area (Å²) in [5, 5.41) is 5.26. The molecule has 0 unspecified atom stereocenters. The molecule has 0 radical (unpaired) electrons. The van der Waals surface area contributed by atoms with E-state index < -0.39 is 0 Å². The third kappa shape index (κ3) is 5.63. The first-order valence-corrected chi connectivity index (χ1v) is 12.2. The Bertz CT molecular complexity index is 788. The fourth-order valence-corrected chi connectivity index (χ4v) is 3.79. The van der Waals surface area contributed by atoms with Crippen LogP contribution in [0.5, 0.6) is 5.88 Å². The van der Waals surface area contributed by atoms with Crippen molar-refractivity contribution < 1.29 is 18.9 Å². The third-order valence-corrected chi connectivity index (χ3v) is 5.62. The normalized spacial score (nSPS) is 21.5. The van der Waals surface area contributed by atoms with E-state index >= 15 is 0 Å². The second-order valence-corrected chi connectivity index (χ2v) is 8.12. The molecule has 3 heterocycles. The molecule has 30 heavy (non-hydrogen) atoms. The molecule has 3 rings (SSSR count). The number of hydrogen-bond donors (Lipinski definition) is 0. The molecular weight excluding hydrogens is 404 g/mol. The summed E-state index contributed by atoms with van der Waals surface area (Å²) in [6.07, 6.45) is 8.58. The first-order valence-electron chi connectivity index (χ1n) is 11.0. The molecule has 0 bridgehead atoms. The maximum Gasteiger partial charge on any atom is 0.262 e. The number of hydrogen-bond acceptors (Lipinski definition) is 8. The molecule has 1 aliphatic heterocycles. The minimum Gasteiger partial charge on any atom is -0.475 e. The van der Waals surface area contributed by atoms with Crippen LogP contribution in [-0.2, 0) is 14.2 Å². The second kappa shape index (κ2) is 11.8. The van der Waals surface area contributed by atoms with Crippen molar-refractivity contribution >= 4 is 17.4 Å². The van der Waals surface area contributed by atoms with Crippen molar-refractivity contribution in [3.63, 3.8) is 0 Å². The van der Waals surface area contributed by atoms with Gasteiger partial charge in [0.2, 0.25) is 10.8 Å². The van der Waals surface area contributed by atoms with Crippen LogP contribution in [0.4, 0.5) is 0 Å². The summed E-state index contributed by atoms with van der Waals surface area (Å²) in [4.78, 5) is 8.97. The lowest BCUT2D eigenvalue weighted by Gasteiger charge is -2.19. The average Bonchev–Trinajstić information content (AvgIpc) is 3.35. The Balaban J connectivity index is 1.79. The number of aromatic nitrogens is 4. The predicted molar refractivity (Wildman–Crippen MR) is 116 cm³/mol. The van der Waals surface area contributed by atoms with Crippen LogP contribution in [0.25, 0.3) is 5.65 Å². The van der Waals surface area contributed by atoms with Crippen molar-refractivity contribution in [1.29, 1.82) is 0 Å². The molecule has 0 saturated carbocycles. The standard InChI is InChI=1S/C21H34N4O4S/c1-5-8-10-26-14-18-17(28-11-9-6-2)12-16(29-18)15-13-22-19-20(27-7-3)23-21(30-4)24-25(15)19/h13,16-18H,5-12,14H2,1-4H3/t16-,17+,18-/m1/s1. The Morgan fingerprint density at radius 1 is 1.20 bits per heavy atom. The van der Waals surface area contributed by atoms with Crippen LogP contribution in [0.3, 0.4) is 0 Å². The van der Waals surface area contributed by atoms with Crippen molar-refractivity contribution in [2.24, 2.45) is 0 Å². The summed E-state index contributed by atoms with van der Waals surface area (Å²) in [7, 11) is 0. The minimum atomic E-state index is -0.162. The topological polar surface area (TPSA) is 80.0 Å². The summed E-state index contributed by atoms with van der Waals surface area (Å²) >= 11 is 1.47. The van der Waals surface area contributed by atoms with Gasteiger partial charge in [0.15, 0.2) is 0 Å². The van der Waals surface area contributed by atoms with Gasteiger partial charge < -0.3 is 18.9 Å². The van der Waals surface area contributed by atoms with Crippen LogP contribution >= 0.6 is 11.8 Å². The SMILES string of the molecule is CCCCOC[C@H]1O[C@@H](c2cnc3c(OCC)nc(SC)nn23)C[C@@H]1OCCCC. The monoisotopic (exact) mass is 438 g/mol. The van der Waals surface area contributed by atoms with Crippen molar-refractivity contribution in [1.82, 2.24) is 19.6 Å². The van der Waals surface area contributed by atoms with E-state index in [1.807, 2.05) is 19.4 Å². The highest BCUT2D eigenvalue weighted by Crippen LogP contribution is 2.36. The number of unbranched alkanes of at least 4 members (excludes halogenated alkanes) is 2. The van der Waals surface area contributed by atoms with Gasteiger partial charge in [-0.3, -0.25) is 0 Å². The van der Waals surface area contributed by atoms with E-state index in [0.717, 1.165) is 51.0 Å². The Labute approximate surface area is 183 Å². The first-order chi connectivity index (χ1) is 14.7. The molecule has 2 aromatic heterocycles. The van der Waals surface area contributed by atoms with E-state index in [-0.39, 0.29) is 18.3 Å². The lowest BCUT2D eigenvalue weighted by molar-refractivity contribution is -0.0658. The summed E-state index contributed by atoms with van der Waals surface area (Å²) in [5.74, 6) is 0.497. The highest BCUT2D eigenvalue weighted by atomic mass is 32.2. The molecule has 3 atom stereocenters. The molecule has 0 N–H and O–H groups in total. The highest BCUT2D eigenvalue weighted by Gasteiger charge is 2.38. The molecule has 0 aromatic carbocycles. The number of nitrogens with zero attached hydrogens (tertiary/aromatic N) is 4. The largest absolute Gasteiger partial charge is 0.475 e. The van der Waals surface area contributed by atoms with Gasteiger partial charge in [-0.25, -0.2) is 9.50 Å². The first kappa shape index (κ1) is 23.2. The molecule has 1 aliphatic rings. The van der Waals surface area contributed by atoms with Gasteiger partial charge in [0.05, 0.1) is 31.2 Å². The van der Waals surface area contributed by atoms with Crippen LogP contribution in [0.15, 0.2) is 11.4 Å². The second-order valence-electron chi connectivity index (χ2n) is 7.35. The molecule has 2 aromatic rings. The molecule has 0 spiro atoms. The van der Waals surface area contributed by atoms with Gasteiger partial charge in [0.25, 0.3) is 5.88 Å². The molecule has 0 aliphatic carbocycles. The molecule has 8 nitrogen and oxygen atoms in total. The van der Waals surface area contributed by atoms with Crippen LogP contribution in [0.2, 0.25) is 0 Å². The lowest BCUT2D eigenvalue weighted by Crippen LogP contribution is -2.29. The van der Waals surface area contributed by atoms with E-state index in [1.54, 1.807) is 4.52 Å². The zero-order valence-electron chi connectivity index (χ0n) is 18.5. The number of ether oxygens (including phenoxy) is 4. The van der Waals surface area contributed by atoms with Gasteiger partial charge in [-0.2, -0.15) is 4.98 Å². The van der Waals surface area contributed by atoms with E-state index in [2.05, 4.69) is 28.9 Å². The number of imidazole rings is 1. The predicted octanol–water partition coefficient (Wildman–Crippen LogP) is 4.08. The van der Waals surface area contributed by atoms with Crippen molar-refractivity contribution in [2.45, 2.75) is 76.3 Å². The number of fused-ring (bicyclic) bond motifs is 1. The van der Waals surface area contributed by atoms with Crippen LogP contribution in [-0.4, -0.2) is 64.5 Å². The lowest BCUT2D eigenvalue weighted by atomic mass is 10.1. The van der Waals surface area contributed by atoms with Gasteiger partial charge >= 0.3 is 0 Å². The number of rotatable bonds is 13. The Hall–Kier alpha value is -1.42. The van der Waals surface area contributed by atoms with E-state index in [1.165, 1.54) is 11.8 Å². The zero-order valence-corrected chi connectivity index (χ0v) is 19.3. The summed E-state index contributed by atoms with van der Waals surface area (Å²) in [5.41, 5.74) is 1.50. The minimum absolute atomic E-state index is 0.00180. The fraction of sp³-hybridized carbons (Fsp3) is 0.762. The van der Waals surface area contributed by atoms with E-state index in [9.17, 15) is 0 Å². The van der Waals surface area contributed by atoms with Crippen LogP contribution < -0.4 is 4.74 Å². The smallest absolute Gasteiger partial charge is 0.262 e. The van der Waals surface area contributed by atoms with E-state index in [4.69, 9.17) is 18.9 Å². The zero-order chi connectivity index (χ0) is 21.3. The van der Waals surface area contributed by atoms with Crippen molar-refractivity contribution in [2.75, 3.05) is 32.7 Å². The highest BCUT2D eigenvalue weighted by molar-refractivity contribution is 7.98. The molecular formula is C21H34N4O4S. The van der Waals surface area contributed by atoms with Gasteiger partial charge in [-0.1, -0.05) is 38.5 Å². The molecule has 9 heteroatoms. The van der Waals surface area contributed by atoms with Gasteiger partial charge in [0, 0.05) is 19.6 Å². The Morgan fingerprint density at radius 2 is 2.00 bits per heavy atom. The summed E-state index contributed by atoms with van der Waals surface area (Å²) in [6.45, 7) is 8.81. The summed E-state index contributed by atoms with van der Waals surface area (Å²) < 4.78 is 25.9. The Kier molecular flexibility index (Phi) is 9.17. The Morgan fingerprint density at radius 3 is 2.73 bits per heavy atom. The molecule has 1 fully saturated rings. The number of thioether (sulfide) groups is 1. The summed E-state index contributed by atoms with van der Waals surface area (Å²) in [6, 6.07) is 0. The van der Waals surface area contributed by atoms with Gasteiger partial charge in [-0.05, 0) is 26.0 Å². The molecule has 0 amide bonds. The maximum absolute atomic E-state index is 6.39. The quantitative estimate of drug-likeness (QED) is 0.342. The van der Waals surface area contributed by atoms with E-state index in [0.29, 0.717) is 29.9 Å². The molecule has 1 saturated heterocycles. The van der Waals surface area contributed by atoms with Gasteiger partial charge in [-0.15, -0.1) is 5.10 Å². The van der Waals surface area contributed by atoms with Crippen LogP contribution in [0, 0.1) is 0 Å². The van der Waals surface area contributed by atoms with Crippen molar-refractivity contribution in [3.8, 4) is 5.88 Å². The van der Waals surface area contributed by atoms with Crippen molar-refractivity contribution in [3.05, 3.63) is 11.9 Å². The van der Waals surface area contributed by atoms with Crippen LogP contribution in [0.1, 0.15) is 64.7 Å². The van der Waals surface area contributed by atoms with Gasteiger partial charge in [0.1, 0.15) is 12.2 Å². The molecule has 168 valence electrons. The maximum atomic E-state index is 6.39. The fourth-order valence-electron chi connectivity index (χ4n) is 3.45. The average molecular weight is 439 g/mol. The third-order valence-electron chi connectivity index (χ3n) is 5.09.